The van der Waals surface area contributed by atoms with E-state index in [9.17, 15) is 0 Å². The van der Waals surface area contributed by atoms with Crippen molar-refractivity contribution in [1.82, 2.24) is 5.32 Å². The third-order valence-electron chi connectivity index (χ3n) is 4.05. The smallest absolute Gasteiger partial charge is 0.0384 e. The van der Waals surface area contributed by atoms with Crippen LogP contribution in [0.4, 0.5) is 0 Å². The lowest BCUT2D eigenvalue weighted by Crippen LogP contribution is -2.62. The summed E-state index contributed by atoms with van der Waals surface area (Å²) in [6, 6.07) is 1.44. The molecule has 3 rings (SSSR count). The molecule has 1 heterocycles. The molecule has 5 unspecified atom stereocenters. The van der Waals surface area contributed by atoms with E-state index in [4.69, 9.17) is 5.73 Å². The quantitative estimate of drug-likeness (QED) is 0.721. The van der Waals surface area contributed by atoms with E-state index in [1.54, 1.807) is 0 Å². The van der Waals surface area contributed by atoms with Gasteiger partial charge in [-0.15, -0.1) is 0 Å². The van der Waals surface area contributed by atoms with E-state index in [0.717, 1.165) is 10.5 Å². The third kappa shape index (κ3) is 2.09. The lowest BCUT2D eigenvalue weighted by atomic mass is 9.88. The average molecular weight is 303 g/mol. The molecule has 0 amide bonds. The number of halogens is 1. The molecular weight excluding hydrogens is 284 g/mol. The highest BCUT2D eigenvalue weighted by atomic mass is 79.9. The van der Waals surface area contributed by atoms with E-state index < -0.39 is 0 Å². The molecule has 4 heteroatoms. The second kappa shape index (κ2) is 4.63. The minimum Gasteiger partial charge on any atom is -0.326 e. The van der Waals surface area contributed by atoms with Gasteiger partial charge in [0, 0.05) is 28.6 Å². The molecule has 2 nitrogen and oxygen atoms in total. The summed E-state index contributed by atoms with van der Waals surface area (Å²) in [4.78, 5) is 0. The molecule has 0 aromatic rings. The molecule has 1 aliphatic heterocycles. The highest BCUT2D eigenvalue weighted by Crippen LogP contribution is 2.41. The zero-order valence-corrected chi connectivity index (χ0v) is 11.8. The standard InChI is InChI=1S/C12H19BrN2S/c13-7-4-5-10-9(6-7)15-12-8(14)2-1-3-11(12)16-10/h6,8-12,15H,1-5,14H2. The van der Waals surface area contributed by atoms with Gasteiger partial charge in [-0.25, -0.2) is 0 Å². The van der Waals surface area contributed by atoms with Gasteiger partial charge in [-0.1, -0.05) is 28.4 Å². The van der Waals surface area contributed by atoms with Gasteiger partial charge in [-0.2, -0.15) is 11.8 Å². The van der Waals surface area contributed by atoms with Gasteiger partial charge >= 0.3 is 0 Å². The molecule has 2 fully saturated rings. The maximum absolute atomic E-state index is 6.24. The number of rotatable bonds is 0. The van der Waals surface area contributed by atoms with E-state index in [1.807, 2.05) is 0 Å². The summed E-state index contributed by atoms with van der Waals surface area (Å²) in [5.41, 5.74) is 6.24. The van der Waals surface area contributed by atoms with Crippen molar-refractivity contribution < 1.29 is 0 Å². The predicted molar refractivity (Wildman–Crippen MR) is 73.9 cm³/mol. The van der Waals surface area contributed by atoms with Crippen LogP contribution >= 0.6 is 27.7 Å². The number of fused-ring (bicyclic) bond motifs is 2. The minimum atomic E-state index is 0.362. The predicted octanol–water partition coefficient (Wildman–Crippen LogP) is 2.38. The molecule has 3 N–H and O–H groups in total. The van der Waals surface area contributed by atoms with Crippen molar-refractivity contribution in [2.75, 3.05) is 0 Å². The molecule has 1 saturated heterocycles. The zero-order chi connectivity index (χ0) is 11.1. The summed E-state index contributed by atoms with van der Waals surface area (Å²) in [5.74, 6) is 0. The van der Waals surface area contributed by atoms with Crippen LogP contribution in [0.15, 0.2) is 10.6 Å². The van der Waals surface area contributed by atoms with Crippen LogP contribution in [0.3, 0.4) is 0 Å². The Balaban J connectivity index is 1.77. The van der Waals surface area contributed by atoms with Gasteiger partial charge in [0.2, 0.25) is 0 Å². The molecule has 3 aliphatic rings. The van der Waals surface area contributed by atoms with Crippen LogP contribution in [0, 0.1) is 0 Å². The highest BCUT2D eigenvalue weighted by Gasteiger charge is 2.41. The maximum atomic E-state index is 6.24. The number of nitrogens with two attached hydrogens (primary N) is 1. The summed E-state index contributed by atoms with van der Waals surface area (Å²) >= 11 is 5.83. The summed E-state index contributed by atoms with van der Waals surface area (Å²) < 4.78 is 1.37. The fraction of sp³-hybridized carbons (Fsp3) is 0.833. The molecule has 0 radical (unpaired) electrons. The fourth-order valence-corrected chi connectivity index (χ4v) is 5.47. The van der Waals surface area contributed by atoms with Crippen LogP contribution in [0.1, 0.15) is 32.1 Å². The largest absolute Gasteiger partial charge is 0.326 e. The molecular formula is C12H19BrN2S. The number of allylic oxidation sites excluding steroid dienone is 1. The highest BCUT2D eigenvalue weighted by molar-refractivity contribution is 9.11. The number of nitrogens with one attached hydrogen (secondary N) is 1. The van der Waals surface area contributed by atoms with Crippen molar-refractivity contribution in [3.8, 4) is 0 Å². The van der Waals surface area contributed by atoms with E-state index in [-0.39, 0.29) is 0 Å². The van der Waals surface area contributed by atoms with Crippen LogP contribution < -0.4 is 11.1 Å². The van der Waals surface area contributed by atoms with Crippen molar-refractivity contribution in [2.24, 2.45) is 5.73 Å². The molecule has 5 atom stereocenters. The SMILES string of the molecule is NC1CCCC2SC3CCC(Br)=CC3NC12. The lowest BCUT2D eigenvalue weighted by molar-refractivity contribution is 0.301. The molecule has 2 aliphatic carbocycles. The monoisotopic (exact) mass is 302 g/mol. The number of thioether (sulfide) groups is 1. The van der Waals surface area contributed by atoms with Crippen molar-refractivity contribution in [3.05, 3.63) is 10.6 Å². The Morgan fingerprint density at radius 2 is 2.19 bits per heavy atom. The first-order valence-corrected chi connectivity index (χ1v) is 8.01. The van der Waals surface area contributed by atoms with Crippen LogP contribution in [0.2, 0.25) is 0 Å². The van der Waals surface area contributed by atoms with Gasteiger partial charge in [0.05, 0.1) is 0 Å². The van der Waals surface area contributed by atoms with Gasteiger partial charge in [0.25, 0.3) is 0 Å². The second-order valence-corrected chi connectivity index (χ2v) is 7.68. The van der Waals surface area contributed by atoms with Gasteiger partial charge in [-0.3, -0.25) is 0 Å². The molecule has 0 aromatic heterocycles. The summed E-state index contributed by atoms with van der Waals surface area (Å²) in [6.07, 6.45) is 8.73. The maximum Gasteiger partial charge on any atom is 0.0384 e. The third-order valence-corrected chi connectivity index (χ3v) is 6.47. The van der Waals surface area contributed by atoms with Crippen LogP contribution in [-0.4, -0.2) is 28.6 Å². The number of hydrogen-bond donors (Lipinski definition) is 2. The Bertz CT molecular complexity index is 307. The van der Waals surface area contributed by atoms with Gasteiger partial charge < -0.3 is 11.1 Å². The summed E-state index contributed by atoms with van der Waals surface area (Å²) in [6.45, 7) is 0. The zero-order valence-electron chi connectivity index (χ0n) is 9.36. The topological polar surface area (TPSA) is 38.0 Å². The van der Waals surface area contributed by atoms with Crippen molar-refractivity contribution in [2.45, 2.75) is 60.7 Å². The van der Waals surface area contributed by atoms with E-state index in [1.165, 1.54) is 36.6 Å². The minimum absolute atomic E-state index is 0.362. The Labute approximate surface area is 110 Å². The average Bonchev–Trinajstić information content (AvgIpc) is 2.28. The molecule has 0 spiro atoms. The van der Waals surface area contributed by atoms with Gasteiger partial charge in [-0.05, 0) is 30.2 Å². The van der Waals surface area contributed by atoms with Gasteiger partial charge in [0.15, 0.2) is 0 Å². The Kier molecular flexibility index (Phi) is 3.35. The van der Waals surface area contributed by atoms with E-state index in [0.29, 0.717) is 18.1 Å². The Hall–Kier alpha value is 0.490. The molecule has 1 saturated carbocycles. The van der Waals surface area contributed by atoms with Crippen LogP contribution in [0.25, 0.3) is 0 Å². The van der Waals surface area contributed by atoms with Crippen LogP contribution in [0.5, 0.6) is 0 Å². The summed E-state index contributed by atoms with van der Waals surface area (Å²) in [5, 5.41) is 5.32. The molecule has 16 heavy (non-hydrogen) atoms. The Morgan fingerprint density at radius 1 is 1.31 bits per heavy atom. The first-order chi connectivity index (χ1) is 7.74. The fourth-order valence-electron chi connectivity index (χ4n) is 3.17. The van der Waals surface area contributed by atoms with E-state index >= 15 is 0 Å². The molecule has 0 bridgehead atoms. The van der Waals surface area contributed by atoms with Crippen molar-refractivity contribution >= 4 is 27.7 Å². The first-order valence-electron chi connectivity index (χ1n) is 6.27. The lowest BCUT2D eigenvalue weighted by Gasteiger charge is -2.47. The van der Waals surface area contributed by atoms with Gasteiger partial charge in [0.1, 0.15) is 0 Å². The van der Waals surface area contributed by atoms with E-state index in [2.05, 4.69) is 39.1 Å². The second-order valence-electron chi connectivity index (χ2n) is 5.18. The summed E-state index contributed by atoms with van der Waals surface area (Å²) in [7, 11) is 0. The van der Waals surface area contributed by atoms with Crippen molar-refractivity contribution in [3.63, 3.8) is 0 Å². The molecule has 0 aromatic carbocycles. The van der Waals surface area contributed by atoms with Crippen LogP contribution in [-0.2, 0) is 0 Å². The Morgan fingerprint density at radius 3 is 3.06 bits per heavy atom. The number of hydrogen-bond acceptors (Lipinski definition) is 3. The van der Waals surface area contributed by atoms with Crippen molar-refractivity contribution in [1.29, 1.82) is 0 Å². The first kappa shape index (κ1) is 11.6. The molecule has 90 valence electrons. The normalized spacial score (nSPS) is 47.9.